The SMILES string of the molecule is CCc1ccc(N(CC2COC2)S(=O)(=O)c2ccc3nn(CC4CCOCC4)cc3c2)cc1. The molecule has 0 aliphatic carbocycles. The van der Waals surface area contributed by atoms with Crippen molar-refractivity contribution in [2.45, 2.75) is 37.6 Å². The lowest BCUT2D eigenvalue weighted by molar-refractivity contribution is -0.0262. The number of aromatic nitrogens is 2. The molecule has 7 nitrogen and oxygen atoms in total. The van der Waals surface area contributed by atoms with Gasteiger partial charge in [0.05, 0.1) is 29.3 Å². The number of nitrogens with zero attached hydrogens (tertiary/aromatic N) is 3. The molecule has 2 fully saturated rings. The largest absolute Gasteiger partial charge is 0.381 e. The van der Waals surface area contributed by atoms with Crippen LogP contribution in [0.5, 0.6) is 0 Å². The van der Waals surface area contributed by atoms with Gasteiger partial charge in [0.1, 0.15) is 0 Å². The van der Waals surface area contributed by atoms with E-state index in [0.717, 1.165) is 49.9 Å². The minimum atomic E-state index is -3.73. The van der Waals surface area contributed by atoms with Crippen LogP contribution in [0.15, 0.2) is 53.6 Å². The smallest absolute Gasteiger partial charge is 0.264 e. The summed E-state index contributed by atoms with van der Waals surface area (Å²) >= 11 is 0. The quantitative estimate of drug-likeness (QED) is 0.501. The zero-order valence-electron chi connectivity index (χ0n) is 19.0. The minimum absolute atomic E-state index is 0.205. The maximum absolute atomic E-state index is 13.8. The van der Waals surface area contributed by atoms with Gasteiger partial charge in [-0.15, -0.1) is 0 Å². The van der Waals surface area contributed by atoms with Crippen molar-refractivity contribution < 1.29 is 17.9 Å². The first-order valence-corrected chi connectivity index (χ1v) is 13.2. The van der Waals surface area contributed by atoms with Crippen LogP contribution in [0.25, 0.3) is 10.9 Å². The molecule has 8 heteroatoms. The van der Waals surface area contributed by atoms with Crippen molar-refractivity contribution in [3.8, 4) is 0 Å². The molecule has 0 saturated carbocycles. The van der Waals surface area contributed by atoms with Crippen molar-refractivity contribution in [3.05, 3.63) is 54.2 Å². The second-order valence-electron chi connectivity index (χ2n) is 9.09. The average molecular weight is 470 g/mol. The molecule has 2 aliphatic rings. The van der Waals surface area contributed by atoms with E-state index in [9.17, 15) is 8.42 Å². The molecule has 0 spiro atoms. The summed E-state index contributed by atoms with van der Waals surface area (Å²) in [5.74, 6) is 0.749. The van der Waals surface area contributed by atoms with Gasteiger partial charge in [0.2, 0.25) is 0 Å². The molecule has 33 heavy (non-hydrogen) atoms. The molecule has 176 valence electrons. The molecule has 2 aromatic carbocycles. The standard InChI is InChI=1S/C25H31N3O4S/c1-2-19-3-5-23(6-4-19)28(15-21-17-32-18-21)33(29,30)24-7-8-25-22(13-24)16-27(26-25)14-20-9-11-31-12-10-20/h3-8,13,16,20-21H,2,9-12,14-15,17-18H2,1H3. The lowest BCUT2D eigenvalue weighted by Gasteiger charge is -2.33. The number of aryl methyl sites for hydroxylation is 1. The first-order valence-electron chi connectivity index (χ1n) is 11.8. The number of hydrogen-bond donors (Lipinski definition) is 0. The molecule has 3 aromatic rings. The lowest BCUT2D eigenvalue weighted by atomic mass is 10.0. The van der Waals surface area contributed by atoms with Crippen LogP contribution in [0.3, 0.4) is 0 Å². The summed E-state index contributed by atoms with van der Waals surface area (Å²) in [4.78, 5) is 0.292. The number of ether oxygens (including phenoxy) is 2. The zero-order valence-corrected chi connectivity index (χ0v) is 19.8. The van der Waals surface area contributed by atoms with E-state index >= 15 is 0 Å². The van der Waals surface area contributed by atoms with E-state index in [0.29, 0.717) is 36.3 Å². The molecule has 2 saturated heterocycles. The topological polar surface area (TPSA) is 73.7 Å². The zero-order chi connectivity index (χ0) is 22.8. The Morgan fingerprint density at radius 2 is 1.79 bits per heavy atom. The molecule has 5 rings (SSSR count). The van der Waals surface area contributed by atoms with Gasteiger partial charge in [-0.2, -0.15) is 5.10 Å². The molecule has 1 aromatic heterocycles. The normalized spacial score (nSPS) is 17.8. The summed E-state index contributed by atoms with van der Waals surface area (Å²) in [5, 5.41) is 5.52. The van der Waals surface area contributed by atoms with Crippen molar-refractivity contribution in [2.75, 3.05) is 37.3 Å². The molecule has 2 aliphatic heterocycles. The van der Waals surface area contributed by atoms with Crippen LogP contribution >= 0.6 is 0 Å². The van der Waals surface area contributed by atoms with Gasteiger partial charge < -0.3 is 9.47 Å². The molecule has 3 heterocycles. The molecular formula is C25H31N3O4S. The first kappa shape index (κ1) is 22.4. The summed E-state index contributed by atoms with van der Waals surface area (Å²) in [6, 6.07) is 13.0. The predicted molar refractivity (Wildman–Crippen MR) is 128 cm³/mol. The molecule has 0 atom stereocenters. The maximum Gasteiger partial charge on any atom is 0.264 e. The fourth-order valence-corrected chi connectivity index (χ4v) is 6.07. The number of benzene rings is 2. The van der Waals surface area contributed by atoms with Crippen LogP contribution in [-0.2, 0) is 32.5 Å². The highest BCUT2D eigenvalue weighted by Crippen LogP contribution is 2.29. The third-order valence-corrected chi connectivity index (χ3v) is 8.45. The van der Waals surface area contributed by atoms with Gasteiger partial charge in [0, 0.05) is 43.8 Å². The summed E-state index contributed by atoms with van der Waals surface area (Å²) in [5.41, 5.74) is 2.68. The second-order valence-corrected chi connectivity index (χ2v) is 10.9. The highest BCUT2D eigenvalue weighted by molar-refractivity contribution is 7.92. The summed E-state index contributed by atoms with van der Waals surface area (Å²) in [6.45, 7) is 6.12. The summed E-state index contributed by atoms with van der Waals surface area (Å²) in [6.07, 6.45) is 4.95. The molecule has 0 N–H and O–H groups in total. The Labute approximate surface area is 195 Å². The van der Waals surface area contributed by atoms with Crippen LogP contribution < -0.4 is 4.31 Å². The lowest BCUT2D eigenvalue weighted by Crippen LogP contribution is -2.42. The monoisotopic (exact) mass is 469 g/mol. The van der Waals surface area contributed by atoms with Crippen molar-refractivity contribution >= 4 is 26.6 Å². The Kier molecular flexibility index (Phi) is 6.40. The number of fused-ring (bicyclic) bond motifs is 1. The number of hydrogen-bond acceptors (Lipinski definition) is 5. The van der Waals surface area contributed by atoms with Gasteiger partial charge >= 0.3 is 0 Å². The molecule has 0 unspecified atom stereocenters. The third kappa shape index (κ3) is 4.78. The van der Waals surface area contributed by atoms with E-state index in [1.165, 1.54) is 9.87 Å². The van der Waals surface area contributed by atoms with E-state index in [4.69, 9.17) is 9.47 Å². The summed E-state index contributed by atoms with van der Waals surface area (Å²) < 4.78 is 41.8. The van der Waals surface area contributed by atoms with Gasteiger partial charge in [-0.25, -0.2) is 8.42 Å². The van der Waals surface area contributed by atoms with Crippen LogP contribution in [0.4, 0.5) is 5.69 Å². The van der Waals surface area contributed by atoms with Gasteiger partial charge in [0.15, 0.2) is 0 Å². The van der Waals surface area contributed by atoms with Gasteiger partial charge in [-0.1, -0.05) is 19.1 Å². The minimum Gasteiger partial charge on any atom is -0.381 e. The molecule has 0 bridgehead atoms. The van der Waals surface area contributed by atoms with Gasteiger partial charge in [0.25, 0.3) is 10.0 Å². The average Bonchev–Trinajstić information content (AvgIpc) is 3.20. The first-order chi connectivity index (χ1) is 16.0. The van der Waals surface area contributed by atoms with Crippen molar-refractivity contribution in [1.29, 1.82) is 0 Å². The van der Waals surface area contributed by atoms with Crippen LogP contribution in [0.2, 0.25) is 0 Å². The van der Waals surface area contributed by atoms with Gasteiger partial charge in [-0.05, 0) is 61.1 Å². The van der Waals surface area contributed by atoms with Crippen LogP contribution in [0.1, 0.15) is 25.3 Å². The molecular weight excluding hydrogens is 438 g/mol. The van der Waals surface area contributed by atoms with E-state index in [1.807, 2.05) is 41.2 Å². The highest BCUT2D eigenvalue weighted by atomic mass is 32.2. The number of anilines is 1. The Hall–Kier alpha value is -2.42. The number of sulfonamides is 1. The van der Waals surface area contributed by atoms with E-state index < -0.39 is 10.0 Å². The van der Waals surface area contributed by atoms with Crippen molar-refractivity contribution in [1.82, 2.24) is 9.78 Å². The van der Waals surface area contributed by atoms with Crippen LogP contribution in [-0.4, -0.2) is 51.2 Å². The fourth-order valence-electron chi connectivity index (χ4n) is 4.49. The third-order valence-electron chi connectivity index (χ3n) is 6.66. The Balaban J connectivity index is 1.44. The Bertz CT molecular complexity index is 1200. The Morgan fingerprint density at radius 3 is 2.45 bits per heavy atom. The second kappa shape index (κ2) is 9.44. The van der Waals surface area contributed by atoms with E-state index in [-0.39, 0.29) is 5.92 Å². The fraction of sp³-hybridized carbons (Fsp3) is 0.480. The van der Waals surface area contributed by atoms with E-state index in [2.05, 4.69) is 12.0 Å². The Morgan fingerprint density at radius 1 is 1.03 bits per heavy atom. The maximum atomic E-state index is 13.8. The van der Waals surface area contributed by atoms with Crippen LogP contribution in [0, 0.1) is 11.8 Å². The van der Waals surface area contributed by atoms with E-state index in [1.54, 1.807) is 12.1 Å². The molecule has 0 radical (unpaired) electrons. The van der Waals surface area contributed by atoms with Gasteiger partial charge in [-0.3, -0.25) is 8.99 Å². The van der Waals surface area contributed by atoms with Crippen molar-refractivity contribution in [3.63, 3.8) is 0 Å². The highest BCUT2D eigenvalue weighted by Gasteiger charge is 2.31. The van der Waals surface area contributed by atoms with Crippen molar-refractivity contribution in [2.24, 2.45) is 11.8 Å². The predicted octanol–water partition coefficient (Wildman–Crippen LogP) is 3.87. The molecule has 0 amide bonds. The number of rotatable bonds is 8. The summed E-state index contributed by atoms with van der Waals surface area (Å²) in [7, 11) is -3.73.